The van der Waals surface area contributed by atoms with Gasteiger partial charge in [0.2, 0.25) is 12.3 Å². The van der Waals surface area contributed by atoms with E-state index >= 15 is 0 Å². The lowest BCUT2D eigenvalue weighted by Gasteiger charge is -2.37. The summed E-state index contributed by atoms with van der Waals surface area (Å²) in [4.78, 5) is 25.7. The van der Waals surface area contributed by atoms with Crippen molar-refractivity contribution in [1.29, 1.82) is 0 Å². The van der Waals surface area contributed by atoms with Crippen molar-refractivity contribution in [1.82, 2.24) is 5.32 Å². The molecule has 0 aliphatic heterocycles. The smallest absolute Gasteiger partial charge is 0.252 e. The van der Waals surface area contributed by atoms with Crippen LogP contribution in [0.15, 0.2) is 48.5 Å². The number of rotatable bonds is 8. The molecule has 2 aromatic rings. The van der Waals surface area contributed by atoms with Gasteiger partial charge in [0, 0.05) is 29.6 Å². The number of benzene rings is 2. The number of hydrogen-bond acceptors (Lipinski definition) is 2. The van der Waals surface area contributed by atoms with E-state index in [1.807, 2.05) is 0 Å². The van der Waals surface area contributed by atoms with Crippen LogP contribution in [-0.2, 0) is 16.0 Å². The van der Waals surface area contributed by atoms with Gasteiger partial charge in [0.25, 0.3) is 5.92 Å². The first-order chi connectivity index (χ1) is 13.8. The molecule has 2 aromatic carbocycles. The Morgan fingerprint density at radius 1 is 1.24 bits per heavy atom. The summed E-state index contributed by atoms with van der Waals surface area (Å²) in [5.41, 5.74) is 0.991. The van der Waals surface area contributed by atoms with Crippen LogP contribution in [-0.4, -0.2) is 30.3 Å². The highest BCUT2D eigenvalue weighted by molar-refractivity contribution is 6.31. The summed E-state index contributed by atoms with van der Waals surface area (Å²) >= 11 is 6.17. The van der Waals surface area contributed by atoms with Gasteiger partial charge in [0.05, 0.1) is 0 Å². The molecule has 1 unspecified atom stereocenters. The Kier molecular flexibility index (Phi) is 6.47. The summed E-state index contributed by atoms with van der Waals surface area (Å²) in [6, 6.07) is 10.7. The van der Waals surface area contributed by atoms with Gasteiger partial charge in [-0.2, -0.15) is 0 Å². The lowest BCUT2D eigenvalue weighted by Crippen LogP contribution is -2.56. The van der Waals surface area contributed by atoms with Crippen LogP contribution in [0.1, 0.15) is 24.8 Å². The number of halogens is 4. The highest BCUT2D eigenvalue weighted by atomic mass is 35.5. The number of anilines is 1. The molecule has 1 fully saturated rings. The summed E-state index contributed by atoms with van der Waals surface area (Å²) in [7, 11) is 0. The minimum absolute atomic E-state index is 0.188. The number of aryl methyl sites for hydroxylation is 1. The van der Waals surface area contributed by atoms with Crippen LogP contribution in [0.4, 0.5) is 18.9 Å². The number of carbonyl (C=O) groups is 2. The van der Waals surface area contributed by atoms with Crippen molar-refractivity contribution in [3.63, 3.8) is 0 Å². The van der Waals surface area contributed by atoms with Crippen molar-refractivity contribution in [3.8, 4) is 0 Å². The normalized spacial score (nSPS) is 16.6. The molecule has 0 bridgehead atoms. The van der Waals surface area contributed by atoms with E-state index in [1.54, 1.807) is 24.3 Å². The second kappa shape index (κ2) is 8.86. The van der Waals surface area contributed by atoms with Crippen molar-refractivity contribution >= 4 is 29.6 Å². The lowest BCUT2D eigenvalue weighted by molar-refractivity contribution is -0.131. The molecule has 2 amide bonds. The van der Waals surface area contributed by atoms with Gasteiger partial charge in [0.15, 0.2) is 0 Å². The Hall–Kier alpha value is -2.54. The predicted octanol–water partition coefficient (Wildman–Crippen LogP) is 4.36. The van der Waals surface area contributed by atoms with Crippen LogP contribution >= 0.6 is 11.6 Å². The third-order valence-corrected chi connectivity index (χ3v) is 5.31. The topological polar surface area (TPSA) is 49.4 Å². The first kappa shape index (κ1) is 21.2. The fourth-order valence-corrected chi connectivity index (χ4v) is 3.63. The van der Waals surface area contributed by atoms with Crippen molar-refractivity contribution in [2.24, 2.45) is 0 Å². The van der Waals surface area contributed by atoms with Gasteiger partial charge in [-0.3, -0.25) is 9.59 Å². The molecule has 154 valence electrons. The van der Waals surface area contributed by atoms with E-state index in [-0.39, 0.29) is 12.1 Å². The van der Waals surface area contributed by atoms with Gasteiger partial charge in [-0.05, 0) is 42.7 Å². The van der Waals surface area contributed by atoms with Gasteiger partial charge in [-0.15, -0.1) is 0 Å². The fourth-order valence-electron chi connectivity index (χ4n) is 3.40. The van der Waals surface area contributed by atoms with Crippen LogP contribution in [0.25, 0.3) is 0 Å². The highest BCUT2D eigenvalue weighted by Gasteiger charge is 2.46. The summed E-state index contributed by atoms with van der Waals surface area (Å²) in [6.45, 7) is 0. The van der Waals surface area contributed by atoms with Gasteiger partial charge in [-0.1, -0.05) is 35.9 Å². The van der Waals surface area contributed by atoms with Crippen molar-refractivity contribution in [3.05, 3.63) is 64.9 Å². The molecular formula is C21H20ClF3N2O2. The second-order valence-electron chi connectivity index (χ2n) is 7.11. The monoisotopic (exact) mass is 424 g/mol. The standard InChI is InChI=1S/C21H20ClF3N2O2/c22-18-7-2-1-4-14(18)8-9-19(20(29)26-16-11-21(24,25)12-16)27(13-28)17-6-3-5-15(23)10-17/h1-7,10,13,16,19H,8-9,11-12H2,(H,26,29). The van der Waals surface area contributed by atoms with E-state index in [4.69, 9.17) is 11.6 Å². The maximum Gasteiger partial charge on any atom is 0.252 e. The molecule has 1 atom stereocenters. The molecule has 4 nitrogen and oxygen atoms in total. The molecule has 0 heterocycles. The van der Waals surface area contributed by atoms with Crippen LogP contribution in [0.5, 0.6) is 0 Å². The van der Waals surface area contributed by atoms with E-state index in [1.165, 1.54) is 18.2 Å². The Morgan fingerprint density at radius 2 is 1.97 bits per heavy atom. The maximum atomic E-state index is 13.6. The van der Waals surface area contributed by atoms with E-state index in [0.717, 1.165) is 16.5 Å². The van der Waals surface area contributed by atoms with Crippen molar-refractivity contribution in [2.45, 2.75) is 43.7 Å². The SMILES string of the molecule is O=CN(c1cccc(F)c1)C(CCc1ccccc1Cl)C(=O)NC1CC(F)(F)C1. The Labute approximate surface area is 171 Å². The highest BCUT2D eigenvalue weighted by Crippen LogP contribution is 2.37. The summed E-state index contributed by atoms with van der Waals surface area (Å²) in [5, 5.41) is 3.10. The van der Waals surface area contributed by atoms with Gasteiger partial charge in [0.1, 0.15) is 11.9 Å². The first-order valence-corrected chi connectivity index (χ1v) is 9.58. The van der Waals surface area contributed by atoms with Crippen molar-refractivity contribution < 1.29 is 22.8 Å². The average Bonchev–Trinajstić information content (AvgIpc) is 2.64. The van der Waals surface area contributed by atoms with E-state index in [9.17, 15) is 22.8 Å². The van der Waals surface area contributed by atoms with E-state index in [2.05, 4.69) is 5.32 Å². The summed E-state index contributed by atoms with van der Waals surface area (Å²) < 4.78 is 39.9. The van der Waals surface area contributed by atoms with Crippen LogP contribution in [0.3, 0.4) is 0 Å². The Morgan fingerprint density at radius 3 is 2.59 bits per heavy atom. The molecule has 0 saturated heterocycles. The molecule has 1 aliphatic carbocycles. The van der Waals surface area contributed by atoms with Crippen LogP contribution < -0.4 is 10.2 Å². The quantitative estimate of drug-likeness (QED) is 0.640. The molecule has 1 N–H and O–H groups in total. The molecule has 8 heteroatoms. The number of alkyl halides is 2. The third-order valence-electron chi connectivity index (χ3n) is 4.94. The number of nitrogens with one attached hydrogen (secondary N) is 1. The largest absolute Gasteiger partial charge is 0.351 e. The molecule has 0 aromatic heterocycles. The van der Waals surface area contributed by atoms with Crippen molar-refractivity contribution in [2.75, 3.05) is 4.90 Å². The first-order valence-electron chi connectivity index (χ1n) is 9.20. The van der Waals surface area contributed by atoms with Crippen LogP contribution in [0.2, 0.25) is 5.02 Å². The fraction of sp³-hybridized carbons (Fsp3) is 0.333. The molecular weight excluding hydrogens is 405 g/mol. The molecule has 29 heavy (non-hydrogen) atoms. The van der Waals surface area contributed by atoms with Gasteiger partial charge >= 0.3 is 0 Å². The predicted molar refractivity (Wildman–Crippen MR) is 105 cm³/mol. The number of carbonyl (C=O) groups excluding carboxylic acids is 2. The second-order valence-corrected chi connectivity index (χ2v) is 7.52. The zero-order valence-corrected chi connectivity index (χ0v) is 16.2. The Balaban J connectivity index is 1.80. The molecule has 1 saturated carbocycles. The third kappa shape index (κ3) is 5.29. The van der Waals surface area contributed by atoms with E-state index < -0.39 is 42.6 Å². The lowest BCUT2D eigenvalue weighted by atomic mass is 9.88. The van der Waals surface area contributed by atoms with Gasteiger partial charge < -0.3 is 10.2 Å². The van der Waals surface area contributed by atoms with Gasteiger partial charge in [-0.25, -0.2) is 13.2 Å². The maximum absolute atomic E-state index is 13.6. The van der Waals surface area contributed by atoms with Crippen LogP contribution in [0, 0.1) is 5.82 Å². The average molecular weight is 425 g/mol. The number of hydrogen-bond donors (Lipinski definition) is 1. The minimum Gasteiger partial charge on any atom is -0.351 e. The molecule has 3 rings (SSSR count). The summed E-state index contributed by atoms with van der Waals surface area (Å²) in [5.74, 6) is -3.90. The molecule has 0 radical (unpaired) electrons. The number of nitrogens with zero attached hydrogens (tertiary/aromatic N) is 1. The summed E-state index contributed by atoms with van der Waals surface area (Å²) in [6.07, 6.45) is 0.140. The zero-order valence-electron chi connectivity index (χ0n) is 15.5. The van der Waals surface area contributed by atoms with E-state index in [0.29, 0.717) is 17.9 Å². The molecule has 0 spiro atoms. The Bertz CT molecular complexity index is 886. The zero-order chi connectivity index (χ0) is 21.0. The molecule has 1 aliphatic rings. The minimum atomic E-state index is -2.78. The number of amides is 2.